The van der Waals surface area contributed by atoms with E-state index in [0.29, 0.717) is 23.1 Å². The van der Waals surface area contributed by atoms with E-state index in [1.807, 2.05) is 48.5 Å². The number of aromatic carboxylic acids is 1. The van der Waals surface area contributed by atoms with E-state index in [4.69, 9.17) is 14.6 Å². The molecule has 122 valence electrons. The molecule has 0 saturated carbocycles. The number of ether oxygens (including phenoxy) is 2. The van der Waals surface area contributed by atoms with Gasteiger partial charge in [0, 0.05) is 10.9 Å². The Morgan fingerprint density at radius 3 is 2.67 bits per heavy atom. The Balaban J connectivity index is 1.76. The van der Waals surface area contributed by atoms with Crippen molar-refractivity contribution in [2.24, 2.45) is 0 Å². The summed E-state index contributed by atoms with van der Waals surface area (Å²) in [7, 11) is 1.60. The number of rotatable bonds is 6. The minimum Gasteiger partial charge on any atom is -0.493 e. The largest absolute Gasteiger partial charge is 0.493 e. The summed E-state index contributed by atoms with van der Waals surface area (Å²) in [6, 6.07) is 15.2. The molecule has 0 aliphatic carbocycles. The number of hydrogen-bond acceptors (Lipinski definition) is 5. The summed E-state index contributed by atoms with van der Waals surface area (Å²) in [5.41, 5.74) is 1.89. The van der Waals surface area contributed by atoms with Gasteiger partial charge in [-0.05, 0) is 23.8 Å². The Labute approximate surface area is 143 Å². The van der Waals surface area contributed by atoms with Gasteiger partial charge in [-0.15, -0.1) is 11.3 Å². The maximum atomic E-state index is 10.9. The van der Waals surface area contributed by atoms with Crippen LogP contribution >= 0.6 is 11.3 Å². The fraction of sp³-hybridized carbons (Fsp3) is 0.111. The molecule has 0 unspecified atom stereocenters. The number of carboxylic acids is 1. The van der Waals surface area contributed by atoms with Gasteiger partial charge in [-0.3, -0.25) is 0 Å². The van der Waals surface area contributed by atoms with Crippen molar-refractivity contribution in [3.8, 4) is 22.1 Å². The normalized spacial score (nSPS) is 10.4. The molecule has 24 heavy (non-hydrogen) atoms. The van der Waals surface area contributed by atoms with Gasteiger partial charge in [-0.2, -0.15) is 0 Å². The minimum absolute atomic E-state index is 0.0608. The van der Waals surface area contributed by atoms with E-state index in [1.165, 1.54) is 16.7 Å². The fourth-order valence-electron chi connectivity index (χ4n) is 2.20. The predicted octanol–water partition coefficient (Wildman–Crippen LogP) is 4.10. The first-order valence-corrected chi connectivity index (χ1v) is 8.09. The summed E-state index contributed by atoms with van der Waals surface area (Å²) in [6.45, 7) is 0.380. The number of aromatic nitrogens is 1. The highest BCUT2D eigenvalue weighted by atomic mass is 32.1. The minimum atomic E-state index is -1.02. The molecule has 0 spiro atoms. The molecule has 3 rings (SSSR count). The van der Waals surface area contributed by atoms with Gasteiger partial charge in [0.2, 0.25) is 0 Å². The number of thiazole rings is 1. The first-order valence-electron chi connectivity index (χ1n) is 7.21. The molecule has 1 N–H and O–H groups in total. The van der Waals surface area contributed by atoms with Crippen LogP contribution in [-0.2, 0) is 6.61 Å². The second-order valence-corrected chi connectivity index (χ2v) is 5.84. The zero-order valence-electron chi connectivity index (χ0n) is 12.9. The van der Waals surface area contributed by atoms with Gasteiger partial charge in [0.1, 0.15) is 11.6 Å². The van der Waals surface area contributed by atoms with Crippen molar-refractivity contribution in [2.45, 2.75) is 6.61 Å². The summed E-state index contributed by atoms with van der Waals surface area (Å²) < 4.78 is 11.1. The third kappa shape index (κ3) is 3.55. The number of methoxy groups -OCH3 is 1. The standard InChI is InChI=1S/C18H15NO4S/c1-22-15-7-2-3-8-16(15)23-10-12-5-4-6-13(9-12)17-19-14(11-24-17)18(20)21/h2-9,11H,10H2,1H3,(H,20,21). The van der Waals surface area contributed by atoms with E-state index in [-0.39, 0.29) is 5.69 Å². The van der Waals surface area contributed by atoms with Crippen molar-refractivity contribution in [2.75, 3.05) is 7.11 Å². The number of carboxylic acid groups (broad SMARTS) is 1. The lowest BCUT2D eigenvalue weighted by molar-refractivity contribution is 0.0691. The molecule has 1 heterocycles. The van der Waals surface area contributed by atoms with Crippen molar-refractivity contribution in [3.63, 3.8) is 0 Å². The van der Waals surface area contributed by atoms with Crippen molar-refractivity contribution >= 4 is 17.3 Å². The molecule has 0 amide bonds. The fourth-order valence-corrected chi connectivity index (χ4v) is 2.99. The summed E-state index contributed by atoms with van der Waals surface area (Å²) in [5, 5.41) is 11.2. The lowest BCUT2D eigenvalue weighted by Crippen LogP contribution is -1.98. The van der Waals surface area contributed by atoms with Crippen LogP contribution in [0, 0.1) is 0 Å². The van der Waals surface area contributed by atoms with E-state index >= 15 is 0 Å². The van der Waals surface area contributed by atoms with Gasteiger partial charge < -0.3 is 14.6 Å². The molecule has 6 heteroatoms. The Bertz CT molecular complexity index is 859. The van der Waals surface area contributed by atoms with Crippen LogP contribution < -0.4 is 9.47 Å². The topological polar surface area (TPSA) is 68.7 Å². The highest BCUT2D eigenvalue weighted by Crippen LogP contribution is 2.28. The maximum absolute atomic E-state index is 10.9. The summed E-state index contributed by atoms with van der Waals surface area (Å²) >= 11 is 1.31. The number of benzene rings is 2. The molecule has 0 atom stereocenters. The lowest BCUT2D eigenvalue weighted by atomic mass is 10.1. The first kappa shape index (κ1) is 16.0. The van der Waals surface area contributed by atoms with E-state index in [0.717, 1.165) is 11.1 Å². The smallest absolute Gasteiger partial charge is 0.355 e. The van der Waals surface area contributed by atoms with Crippen LogP contribution in [0.5, 0.6) is 11.5 Å². The van der Waals surface area contributed by atoms with Crippen molar-refractivity contribution < 1.29 is 19.4 Å². The molecule has 0 aliphatic heterocycles. The zero-order valence-corrected chi connectivity index (χ0v) is 13.7. The van der Waals surface area contributed by atoms with Crippen LogP contribution in [-0.4, -0.2) is 23.2 Å². The summed E-state index contributed by atoms with van der Waals surface area (Å²) in [6.07, 6.45) is 0. The molecule has 0 bridgehead atoms. The molecule has 0 aliphatic rings. The predicted molar refractivity (Wildman–Crippen MR) is 91.8 cm³/mol. The quantitative estimate of drug-likeness (QED) is 0.731. The molecule has 1 aromatic heterocycles. The maximum Gasteiger partial charge on any atom is 0.355 e. The second-order valence-electron chi connectivity index (χ2n) is 4.98. The van der Waals surface area contributed by atoms with Gasteiger partial charge >= 0.3 is 5.97 Å². The van der Waals surface area contributed by atoms with Crippen molar-refractivity contribution in [3.05, 3.63) is 65.2 Å². The highest BCUT2D eigenvalue weighted by molar-refractivity contribution is 7.13. The van der Waals surface area contributed by atoms with Gasteiger partial charge in [0.15, 0.2) is 17.2 Å². The molecule has 0 fully saturated rings. The number of nitrogens with zero attached hydrogens (tertiary/aromatic N) is 1. The van der Waals surface area contributed by atoms with Gasteiger partial charge in [-0.25, -0.2) is 9.78 Å². The molecule has 5 nitrogen and oxygen atoms in total. The van der Waals surface area contributed by atoms with Gasteiger partial charge in [0.25, 0.3) is 0 Å². The first-order chi connectivity index (χ1) is 11.7. The van der Waals surface area contributed by atoms with Crippen molar-refractivity contribution in [1.29, 1.82) is 0 Å². The third-order valence-corrected chi connectivity index (χ3v) is 4.25. The van der Waals surface area contributed by atoms with Crippen LogP contribution in [0.3, 0.4) is 0 Å². The summed E-state index contributed by atoms with van der Waals surface area (Å²) in [4.78, 5) is 15.1. The third-order valence-electron chi connectivity index (χ3n) is 3.36. The Morgan fingerprint density at radius 2 is 1.96 bits per heavy atom. The van der Waals surface area contributed by atoms with Crippen LogP contribution in [0.15, 0.2) is 53.9 Å². The van der Waals surface area contributed by atoms with Crippen LogP contribution in [0.4, 0.5) is 0 Å². The Kier molecular flexibility index (Phi) is 4.77. The SMILES string of the molecule is COc1ccccc1OCc1cccc(-c2nc(C(=O)O)cs2)c1. The molecule has 0 saturated heterocycles. The van der Waals surface area contributed by atoms with Crippen LogP contribution in [0.1, 0.15) is 16.1 Å². The zero-order chi connectivity index (χ0) is 16.9. The van der Waals surface area contributed by atoms with Gasteiger partial charge in [-0.1, -0.05) is 30.3 Å². The Morgan fingerprint density at radius 1 is 1.17 bits per heavy atom. The average Bonchev–Trinajstić information content (AvgIpc) is 3.11. The van der Waals surface area contributed by atoms with Gasteiger partial charge in [0.05, 0.1) is 7.11 Å². The van der Waals surface area contributed by atoms with E-state index in [9.17, 15) is 4.79 Å². The molecule has 0 radical (unpaired) electrons. The van der Waals surface area contributed by atoms with Crippen LogP contribution in [0.25, 0.3) is 10.6 Å². The number of carbonyl (C=O) groups is 1. The average molecular weight is 341 g/mol. The number of hydrogen-bond donors (Lipinski definition) is 1. The van der Waals surface area contributed by atoms with E-state index in [1.54, 1.807) is 7.11 Å². The lowest BCUT2D eigenvalue weighted by Gasteiger charge is -2.10. The van der Waals surface area contributed by atoms with E-state index < -0.39 is 5.97 Å². The van der Waals surface area contributed by atoms with Crippen LogP contribution in [0.2, 0.25) is 0 Å². The summed E-state index contributed by atoms with van der Waals surface area (Å²) in [5.74, 6) is 0.334. The second kappa shape index (κ2) is 7.14. The highest BCUT2D eigenvalue weighted by Gasteiger charge is 2.10. The van der Waals surface area contributed by atoms with Crippen molar-refractivity contribution in [1.82, 2.24) is 4.98 Å². The monoisotopic (exact) mass is 341 g/mol. The number of para-hydroxylation sites is 2. The molecular weight excluding hydrogens is 326 g/mol. The molecule has 3 aromatic rings. The Hall–Kier alpha value is -2.86. The van der Waals surface area contributed by atoms with E-state index in [2.05, 4.69) is 4.98 Å². The molecule has 2 aromatic carbocycles. The molecular formula is C18H15NO4S.